The van der Waals surface area contributed by atoms with Crippen molar-refractivity contribution in [2.24, 2.45) is 0 Å². The Morgan fingerprint density at radius 2 is 1.74 bits per heavy atom. The van der Waals surface area contributed by atoms with Crippen molar-refractivity contribution < 1.29 is 14.4 Å². The normalized spacial score (nSPS) is 18.8. The van der Waals surface area contributed by atoms with Gasteiger partial charge < -0.3 is 20.4 Å². The van der Waals surface area contributed by atoms with Gasteiger partial charge in [-0.15, -0.1) is 0 Å². The van der Waals surface area contributed by atoms with Gasteiger partial charge in [-0.2, -0.15) is 0 Å². The van der Waals surface area contributed by atoms with E-state index in [-0.39, 0.29) is 30.7 Å². The minimum atomic E-state index is -0.810. The van der Waals surface area contributed by atoms with Crippen LogP contribution in [-0.4, -0.2) is 79.4 Å². The van der Waals surface area contributed by atoms with Crippen LogP contribution < -0.4 is 15.5 Å². The second-order valence-electron chi connectivity index (χ2n) is 9.27. The highest BCUT2D eigenvalue weighted by Gasteiger charge is 2.35. The summed E-state index contributed by atoms with van der Waals surface area (Å²) in [5, 5.41) is 6.37. The number of carbonyl (C=O) groups is 3. The number of halogens is 1. The van der Waals surface area contributed by atoms with Gasteiger partial charge in [0, 0.05) is 55.7 Å². The van der Waals surface area contributed by atoms with E-state index in [4.69, 9.17) is 11.6 Å². The van der Waals surface area contributed by atoms with Crippen molar-refractivity contribution in [2.45, 2.75) is 26.3 Å². The van der Waals surface area contributed by atoms with Crippen molar-refractivity contribution in [3.05, 3.63) is 58.6 Å². The molecule has 9 heteroatoms. The first-order valence-electron chi connectivity index (χ1n) is 12.0. The SMILES string of the molecule is Cc1cc(C)cc(NC(=O)C[C@H]2C(=O)NCCN2C(=O)CN2CCN(c3cccc(Cl)c3)CC2)c1. The second kappa shape index (κ2) is 11.1. The number of piperazine rings is 2. The molecule has 0 radical (unpaired) electrons. The van der Waals surface area contributed by atoms with Crippen LogP contribution in [0.25, 0.3) is 0 Å². The van der Waals surface area contributed by atoms with E-state index in [0.29, 0.717) is 23.8 Å². The van der Waals surface area contributed by atoms with Gasteiger partial charge in [0.2, 0.25) is 17.7 Å². The van der Waals surface area contributed by atoms with Crippen molar-refractivity contribution in [2.75, 3.05) is 56.0 Å². The number of hydrogen-bond acceptors (Lipinski definition) is 5. The van der Waals surface area contributed by atoms with Crippen LogP contribution in [0.2, 0.25) is 5.02 Å². The fourth-order valence-electron chi connectivity index (χ4n) is 4.77. The van der Waals surface area contributed by atoms with E-state index >= 15 is 0 Å². The third-order valence-electron chi connectivity index (χ3n) is 6.44. The summed E-state index contributed by atoms with van der Waals surface area (Å²) in [5.74, 6) is -0.698. The van der Waals surface area contributed by atoms with Crippen LogP contribution in [-0.2, 0) is 14.4 Å². The molecule has 1 atom stereocenters. The average Bonchev–Trinajstić information content (AvgIpc) is 2.80. The van der Waals surface area contributed by atoms with Gasteiger partial charge in [0.1, 0.15) is 6.04 Å². The number of nitrogens with one attached hydrogen (secondary N) is 2. The zero-order valence-corrected chi connectivity index (χ0v) is 21.0. The predicted octanol–water partition coefficient (Wildman–Crippen LogP) is 2.43. The van der Waals surface area contributed by atoms with Gasteiger partial charge in [-0.25, -0.2) is 0 Å². The lowest BCUT2D eigenvalue weighted by atomic mass is 10.1. The number of rotatable bonds is 6. The molecule has 35 heavy (non-hydrogen) atoms. The zero-order valence-electron chi connectivity index (χ0n) is 20.2. The zero-order chi connectivity index (χ0) is 24.9. The molecule has 4 rings (SSSR count). The average molecular weight is 498 g/mol. The maximum atomic E-state index is 13.2. The molecular weight excluding hydrogens is 466 g/mol. The van der Waals surface area contributed by atoms with Gasteiger partial charge in [-0.1, -0.05) is 23.7 Å². The standard InChI is InChI=1S/C26H32ClN5O3/c1-18-12-19(2)14-21(13-18)29-24(33)16-23-26(35)28-6-7-32(23)25(34)17-30-8-10-31(11-9-30)22-5-3-4-20(27)15-22/h3-5,12-15,23H,6-11,16-17H2,1-2H3,(H,28,35)(H,29,33)/t23-/m0/s1. The van der Waals surface area contributed by atoms with E-state index in [2.05, 4.69) is 20.4 Å². The second-order valence-corrected chi connectivity index (χ2v) is 9.70. The predicted molar refractivity (Wildman–Crippen MR) is 138 cm³/mol. The smallest absolute Gasteiger partial charge is 0.243 e. The van der Waals surface area contributed by atoms with Crippen molar-refractivity contribution in [1.82, 2.24) is 15.1 Å². The Morgan fingerprint density at radius 1 is 1.03 bits per heavy atom. The van der Waals surface area contributed by atoms with E-state index in [0.717, 1.165) is 43.0 Å². The summed E-state index contributed by atoms with van der Waals surface area (Å²) in [6.07, 6.45) is -0.0763. The highest BCUT2D eigenvalue weighted by molar-refractivity contribution is 6.30. The summed E-state index contributed by atoms with van der Waals surface area (Å²) < 4.78 is 0. The molecule has 0 unspecified atom stereocenters. The summed E-state index contributed by atoms with van der Waals surface area (Å²) in [6, 6.07) is 12.8. The number of aryl methyl sites for hydroxylation is 2. The quantitative estimate of drug-likeness (QED) is 0.640. The van der Waals surface area contributed by atoms with Gasteiger partial charge in [-0.05, 0) is 55.3 Å². The maximum Gasteiger partial charge on any atom is 0.243 e. The molecule has 2 saturated heterocycles. The Bertz CT molecular complexity index is 1080. The molecule has 8 nitrogen and oxygen atoms in total. The van der Waals surface area contributed by atoms with Crippen LogP contribution in [0.15, 0.2) is 42.5 Å². The Labute approximate surface area is 211 Å². The van der Waals surface area contributed by atoms with Gasteiger partial charge in [0.15, 0.2) is 0 Å². The summed E-state index contributed by atoms with van der Waals surface area (Å²) >= 11 is 6.12. The Hall–Kier alpha value is -3.10. The maximum absolute atomic E-state index is 13.2. The van der Waals surface area contributed by atoms with Crippen LogP contribution in [0.5, 0.6) is 0 Å². The summed E-state index contributed by atoms with van der Waals surface area (Å²) in [6.45, 7) is 7.99. The first kappa shape index (κ1) is 25.0. The molecule has 0 bridgehead atoms. The molecule has 0 spiro atoms. The number of amides is 3. The minimum Gasteiger partial charge on any atom is -0.369 e. The molecular formula is C26H32ClN5O3. The fourth-order valence-corrected chi connectivity index (χ4v) is 4.95. The third kappa shape index (κ3) is 6.52. The van der Waals surface area contributed by atoms with Crippen LogP contribution in [0.4, 0.5) is 11.4 Å². The van der Waals surface area contributed by atoms with Crippen LogP contribution >= 0.6 is 11.6 Å². The Kier molecular flexibility index (Phi) is 7.93. The number of carbonyl (C=O) groups excluding carboxylic acids is 3. The molecule has 0 saturated carbocycles. The number of nitrogens with zero attached hydrogens (tertiary/aromatic N) is 3. The molecule has 2 fully saturated rings. The lowest BCUT2D eigenvalue weighted by Gasteiger charge is -2.39. The van der Waals surface area contributed by atoms with Crippen molar-refractivity contribution in [1.29, 1.82) is 0 Å². The summed E-state index contributed by atoms with van der Waals surface area (Å²) in [5.41, 5.74) is 3.86. The van der Waals surface area contributed by atoms with Crippen molar-refractivity contribution in [3.8, 4) is 0 Å². The highest BCUT2D eigenvalue weighted by Crippen LogP contribution is 2.21. The number of benzene rings is 2. The van der Waals surface area contributed by atoms with Crippen LogP contribution in [0.3, 0.4) is 0 Å². The molecule has 2 aromatic rings. The molecule has 0 aliphatic carbocycles. The van der Waals surface area contributed by atoms with Gasteiger partial charge in [0.25, 0.3) is 0 Å². The number of hydrogen-bond donors (Lipinski definition) is 2. The first-order chi connectivity index (χ1) is 16.8. The molecule has 3 amide bonds. The lowest BCUT2D eigenvalue weighted by molar-refractivity contribution is -0.145. The van der Waals surface area contributed by atoms with E-state index in [1.807, 2.05) is 56.3 Å². The fraction of sp³-hybridized carbons (Fsp3) is 0.423. The molecule has 186 valence electrons. The molecule has 2 N–H and O–H groups in total. The minimum absolute atomic E-state index is 0.0763. The van der Waals surface area contributed by atoms with E-state index < -0.39 is 6.04 Å². The first-order valence-corrected chi connectivity index (χ1v) is 12.3. The van der Waals surface area contributed by atoms with E-state index in [9.17, 15) is 14.4 Å². The van der Waals surface area contributed by atoms with E-state index in [1.54, 1.807) is 4.90 Å². The van der Waals surface area contributed by atoms with Crippen LogP contribution in [0, 0.1) is 13.8 Å². The molecule has 2 aliphatic rings. The molecule has 2 aromatic carbocycles. The van der Waals surface area contributed by atoms with Crippen molar-refractivity contribution >= 4 is 40.7 Å². The highest BCUT2D eigenvalue weighted by atomic mass is 35.5. The molecule has 0 aromatic heterocycles. The van der Waals surface area contributed by atoms with Gasteiger partial charge >= 0.3 is 0 Å². The monoisotopic (exact) mass is 497 g/mol. The van der Waals surface area contributed by atoms with Gasteiger partial charge in [-0.3, -0.25) is 19.3 Å². The topological polar surface area (TPSA) is 85.0 Å². The third-order valence-corrected chi connectivity index (χ3v) is 6.67. The van der Waals surface area contributed by atoms with Gasteiger partial charge in [0.05, 0.1) is 13.0 Å². The Balaban J connectivity index is 1.33. The summed E-state index contributed by atoms with van der Waals surface area (Å²) in [7, 11) is 0. The largest absolute Gasteiger partial charge is 0.369 e. The number of anilines is 2. The van der Waals surface area contributed by atoms with Crippen LogP contribution in [0.1, 0.15) is 17.5 Å². The molecule has 2 aliphatic heterocycles. The van der Waals surface area contributed by atoms with Crippen molar-refractivity contribution in [3.63, 3.8) is 0 Å². The molecule has 2 heterocycles. The van der Waals surface area contributed by atoms with E-state index in [1.165, 1.54) is 0 Å². The lowest BCUT2D eigenvalue weighted by Crippen LogP contribution is -2.60. The Morgan fingerprint density at radius 3 is 2.43 bits per heavy atom. The summed E-state index contributed by atoms with van der Waals surface area (Å²) in [4.78, 5) is 44.5.